The molecule has 1 atom stereocenters. The van der Waals surface area contributed by atoms with E-state index in [9.17, 15) is 4.79 Å². The van der Waals surface area contributed by atoms with Gasteiger partial charge in [0.15, 0.2) is 18.9 Å². The van der Waals surface area contributed by atoms with Crippen LogP contribution in [0.2, 0.25) is 0 Å². The van der Waals surface area contributed by atoms with Gasteiger partial charge in [0.1, 0.15) is 11.7 Å². The lowest BCUT2D eigenvalue weighted by molar-refractivity contribution is -0.698. The van der Waals surface area contributed by atoms with Gasteiger partial charge in [-0.3, -0.25) is 4.79 Å². The zero-order valence-corrected chi connectivity index (χ0v) is 9.91. The third kappa shape index (κ3) is 3.00. The molecule has 0 aliphatic heterocycles. The molecule has 0 aliphatic rings. The Balaban J connectivity index is 2.23. The van der Waals surface area contributed by atoms with Gasteiger partial charge < -0.3 is 0 Å². The number of hydrogen-bond acceptors (Lipinski definition) is 1. The fraction of sp³-hybridized carbons (Fsp3) is 0.200. The average Bonchev–Trinajstić information content (AvgIpc) is 2.38. The lowest BCUT2D eigenvalue weighted by Crippen LogP contribution is -2.37. The quantitative estimate of drug-likeness (QED) is 0.733. The van der Waals surface area contributed by atoms with Gasteiger partial charge in [-0.1, -0.05) is 36.4 Å². The minimum Gasteiger partial charge on any atom is -0.299 e. The van der Waals surface area contributed by atoms with Crippen molar-refractivity contribution in [2.24, 2.45) is 0 Å². The van der Waals surface area contributed by atoms with Crippen LogP contribution in [0.4, 0.5) is 0 Å². The van der Waals surface area contributed by atoms with Crippen LogP contribution in [-0.4, -0.2) is 5.78 Å². The number of rotatable bonds is 4. The molecule has 0 amide bonds. The van der Waals surface area contributed by atoms with Crippen LogP contribution in [0.25, 0.3) is 0 Å². The van der Waals surface area contributed by atoms with Crippen molar-refractivity contribution in [1.29, 1.82) is 0 Å². The molecule has 0 fully saturated rings. The zero-order valence-electron chi connectivity index (χ0n) is 9.91. The van der Waals surface area contributed by atoms with Gasteiger partial charge in [0, 0.05) is 12.1 Å². The molecule has 2 aromatic rings. The van der Waals surface area contributed by atoms with E-state index in [-0.39, 0.29) is 11.7 Å². The number of carbonyl (C=O) groups excluding carboxylic acids is 1. The van der Waals surface area contributed by atoms with Crippen LogP contribution in [0, 0.1) is 0 Å². The van der Waals surface area contributed by atoms with E-state index in [0.717, 1.165) is 5.56 Å². The first-order valence-corrected chi connectivity index (χ1v) is 5.77. The first kappa shape index (κ1) is 11.5. The number of carbonyl (C=O) groups is 1. The predicted molar refractivity (Wildman–Crippen MR) is 66.5 cm³/mol. The number of ketones is 1. The molecule has 0 spiro atoms. The van der Waals surface area contributed by atoms with Crippen molar-refractivity contribution in [2.75, 3.05) is 0 Å². The second-order valence-electron chi connectivity index (χ2n) is 4.15. The van der Waals surface area contributed by atoms with E-state index in [4.69, 9.17) is 0 Å². The Morgan fingerprint density at radius 2 is 1.65 bits per heavy atom. The van der Waals surface area contributed by atoms with Crippen molar-refractivity contribution < 1.29 is 9.36 Å². The molecule has 2 heteroatoms. The van der Waals surface area contributed by atoms with Gasteiger partial charge in [-0.25, -0.2) is 4.57 Å². The summed E-state index contributed by atoms with van der Waals surface area (Å²) in [4.78, 5) is 11.7. The Morgan fingerprint density at radius 3 is 2.24 bits per heavy atom. The summed E-state index contributed by atoms with van der Waals surface area (Å²) in [5.41, 5.74) is 1.08. The fourth-order valence-electron chi connectivity index (χ4n) is 1.92. The van der Waals surface area contributed by atoms with Gasteiger partial charge in [0.2, 0.25) is 0 Å². The minimum absolute atomic E-state index is 0.0661. The summed E-state index contributed by atoms with van der Waals surface area (Å²) in [5.74, 6) is 0.135. The van der Waals surface area contributed by atoms with E-state index in [1.807, 2.05) is 65.5 Å². The number of nitrogens with zero attached hydrogens (tertiary/aromatic N) is 1. The van der Waals surface area contributed by atoms with Gasteiger partial charge in [-0.15, -0.1) is 0 Å². The van der Waals surface area contributed by atoms with Gasteiger partial charge in [-0.05, 0) is 12.5 Å². The Bertz CT molecular complexity index is 479. The first-order chi connectivity index (χ1) is 8.27. The third-order valence-electron chi connectivity index (χ3n) is 2.86. The summed E-state index contributed by atoms with van der Waals surface area (Å²) in [7, 11) is 0. The normalized spacial score (nSPS) is 12.1. The van der Waals surface area contributed by atoms with Gasteiger partial charge >= 0.3 is 0 Å². The molecule has 1 aromatic carbocycles. The minimum atomic E-state index is -0.0661. The maximum Gasteiger partial charge on any atom is 0.168 e. The average molecular weight is 226 g/mol. The molecule has 1 heterocycles. The molecular formula is C15H16NO+. The number of benzene rings is 1. The molecule has 1 aromatic heterocycles. The predicted octanol–water partition coefficient (Wildman–Crippen LogP) is 2.35. The number of aromatic nitrogens is 1. The maximum absolute atomic E-state index is 11.7. The molecule has 2 nitrogen and oxygen atoms in total. The molecule has 86 valence electrons. The Kier molecular flexibility index (Phi) is 3.66. The number of Topliss-reactive ketones (excluding diaryl/α,β-unsaturated/α-hetero) is 1. The van der Waals surface area contributed by atoms with Crippen LogP contribution in [0.1, 0.15) is 18.4 Å². The summed E-state index contributed by atoms with van der Waals surface area (Å²) < 4.78 is 2.04. The Labute approximate surface area is 102 Å². The van der Waals surface area contributed by atoms with Crippen LogP contribution in [0.5, 0.6) is 0 Å². The van der Waals surface area contributed by atoms with Gasteiger partial charge in [-0.2, -0.15) is 0 Å². The molecule has 17 heavy (non-hydrogen) atoms. The van der Waals surface area contributed by atoms with Crippen molar-refractivity contribution in [3.63, 3.8) is 0 Å². The van der Waals surface area contributed by atoms with Gasteiger partial charge in [0.25, 0.3) is 0 Å². The van der Waals surface area contributed by atoms with Crippen molar-refractivity contribution in [3.8, 4) is 0 Å². The fourth-order valence-corrected chi connectivity index (χ4v) is 1.92. The van der Waals surface area contributed by atoms with Crippen molar-refractivity contribution in [3.05, 3.63) is 66.5 Å². The van der Waals surface area contributed by atoms with Crippen LogP contribution in [0.15, 0.2) is 60.9 Å². The van der Waals surface area contributed by atoms with E-state index in [2.05, 4.69) is 0 Å². The molecule has 0 saturated heterocycles. The Morgan fingerprint density at radius 1 is 1.06 bits per heavy atom. The summed E-state index contributed by atoms with van der Waals surface area (Å²) in [6, 6.07) is 15.9. The van der Waals surface area contributed by atoms with Crippen LogP contribution >= 0.6 is 0 Å². The van der Waals surface area contributed by atoms with E-state index in [0.29, 0.717) is 6.54 Å². The smallest absolute Gasteiger partial charge is 0.168 e. The monoisotopic (exact) mass is 226 g/mol. The highest BCUT2D eigenvalue weighted by atomic mass is 16.1. The summed E-state index contributed by atoms with van der Waals surface area (Å²) in [6.45, 7) is 2.35. The second kappa shape index (κ2) is 5.39. The molecule has 0 bridgehead atoms. The summed E-state index contributed by atoms with van der Waals surface area (Å²) in [6.07, 6.45) is 3.97. The van der Waals surface area contributed by atoms with Crippen LogP contribution in [-0.2, 0) is 11.3 Å². The highest BCUT2D eigenvalue weighted by molar-refractivity contribution is 5.83. The lowest BCUT2D eigenvalue weighted by atomic mass is 9.95. The van der Waals surface area contributed by atoms with E-state index in [1.165, 1.54) is 0 Å². The maximum atomic E-state index is 11.7. The van der Waals surface area contributed by atoms with Crippen LogP contribution in [0.3, 0.4) is 0 Å². The molecule has 0 aliphatic carbocycles. The van der Waals surface area contributed by atoms with Crippen LogP contribution < -0.4 is 4.57 Å². The highest BCUT2D eigenvalue weighted by Gasteiger charge is 2.20. The highest BCUT2D eigenvalue weighted by Crippen LogP contribution is 2.16. The van der Waals surface area contributed by atoms with Gasteiger partial charge in [0.05, 0.1) is 0 Å². The standard InChI is InChI=1S/C15H16NO/c1-13(17)15(14-8-4-2-5-9-14)12-16-10-6-3-7-11-16/h2-11,15H,12H2,1H3/q+1/t15-/m0/s1. The van der Waals surface area contributed by atoms with Crippen molar-refractivity contribution >= 4 is 5.78 Å². The molecular weight excluding hydrogens is 210 g/mol. The molecule has 0 unspecified atom stereocenters. The molecule has 2 rings (SSSR count). The van der Waals surface area contributed by atoms with E-state index < -0.39 is 0 Å². The zero-order chi connectivity index (χ0) is 12.1. The van der Waals surface area contributed by atoms with E-state index >= 15 is 0 Å². The van der Waals surface area contributed by atoms with Crippen molar-refractivity contribution in [2.45, 2.75) is 19.4 Å². The molecule has 0 saturated carbocycles. The molecule has 0 radical (unpaired) electrons. The molecule has 0 N–H and O–H groups in total. The van der Waals surface area contributed by atoms with Crippen molar-refractivity contribution in [1.82, 2.24) is 0 Å². The summed E-state index contributed by atoms with van der Waals surface area (Å²) in [5, 5.41) is 0. The third-order valence-corrected chi connectivity index (χ3v) is 2.86. The number of pyridine rings is 1. The lowest BCUT2D eigenvalue weighted by Gasteiger charge is -2.10. The largest absolute Gasteiger partial charge is 0.299 e. The topological polar surface area (TPSA) is 20.9 Å². The summed E-state index contributed by atoms with van der Waals surface area (Å²) >= 11 is 0. The SMILES string of the molecule is CC(=O)[C@H](C[n+]1ccccc1)c1ccccc1. The Hall–Kier alpha value is -1.96. The number of hydrogen-bond donors (Lipinski definition) is 0. The first-order valence-electron chi connectivity index (χ1n) is 5.77. The van der Waals surface area contributed by atoms with E-state index in [1.54, 1.807) is 6.92 Å². The second-order valence-corrected chi connectivity index (χ2v) is 4.15.